The Morgan fingerprint density at radius 1 is 0.812 bits per heavy atom. The van der Waals surface area contributed by atoms with Gasteiger partial charge in [0.1, 0.15) is 0 Å². The van der Waals surface area contributed by atoms with Gasteiger partial charge in [0.25, 0.3) is 0 Å². The van der Waals surface area contributed by atoms with Gasteiger partial charge in [0.05, 0.1) is 0 Å². The Labute approximate surface area is 103 Å². The van der Waals surface area contributed by atoms with Crippen molar-refractivity contribution in [2.45, 2.75) is 72.1 Å². The van der Waals surface area contributed by atoms with Gasteiger partial charge in [-0.2, -0.15) is 0 Å². The standard InChI is InChI=1S/C15H32O/c1-5-6-7-8-9-10-14(2)11-12-15(3)13-16-4/h14-15H,5-13H2,1-4H3. The topological polar surface area (TPSA) is 9.23 Å². The van der Waals surface area contributed by atoms with E-state index in [4.69, 9.17) is 4.74 Å². The molecule has 0 saturated carbocycles. The second kappa shape index (κ2) is 11.4. The normalized spacial score (nSPS) is 15.0. The minimum Gasteiger partial charge on any atom is -0.384 e. The summed E-state index contributed by atoms with van der Waals surface area (Å²) in [5, 5.41) is 0. The van der Waals surface area contributed by atoms with Crippen molar-refractivity contribution in [3.8, 4) is 0 Å². The largest absolute Gasteiger partial charge is 0.384 e. The highest BCUT2D eigenvalue weighted by atomic mass is 16.5. The summed E-state index contributed by atoms with van der Waals surface area (Å²) in [5.74, 6) is 1.63. The predicted molar refractivity (Wildman–Crippen MR) is 72.8 cm³/mol. The smallest absolute Gasteiger partial charge is 0.0487 e. The Bertz CT molecular complexity index is 133. The first-order chi connectivity index (χ1) is 7.70. The van der Waals surface area contributed by atoms with Crippen LogP contribution in [0.1, 0.15) is 72.1 Å². The van der Waals surface area contributed by atoms with Crippen LogP contribution < -0.4 is 0 Å². The first kappa shape index (κ1) is 16.0. The molecule has 0 rings (SSSR count). The Morgan fingerprint density at radius 3 is 2.06 bits per heavy atom. The monoisotopic (exact) mass is 228 g/mol. The quantitative estimate of drug-likeness (QED) is 0.450. The Kier molecular flexibility index (Phi) is 11.4. The summed E-state index contributed by atoms with van der Waals surface area (Å²) in [6.07, 6.45) is 11.2. The highest BCUT2D eigenvalue weighted by Crippen LogP contribution is 2.18. The molecule has 16 heavy (non-hydrogen) atoms. The SMILES string of the molecule is CCCCCCCC(C)CCC(C)COC. The molecule has 0 N–H and O–H groups in total. The van der Waals surface area contributed by atoms with Crippen LogP contribution >= 0.6 is 0 Å². The van der Waals surface area contributed by atoms with Gasteiger partial charge in [-0.3, -0.25) is 0 Å². The summed E-state index contributed by atoms with van der Waals surface area (Å²) in [6, 6.07) is 0. The van der Waals surface area contributed by atoms with Crippen LogP contribution in [0.5, 0.6) is 0 Å². The first-order valence-electron chi connectivity index (χ1n) is 7.19. The van der Waals surface area contributed by atoms with Gasteiger partial charge in [-0.1, -0.05) is 65.7 Å². The van der Waals surface area contributed by atoms with Crippen LogP contribution in [-0.4, -0.2) is 13.7 Å². The van der Waals surface area contributed by atoms with Gasteiger partial charge in [-0.25, -0.2) is 0 Å². The summed E-state index contributed by atoms with van der Waals surface area (Å²) in [4.78, 5) is 0. The van der Waals surface area contributed by atoms with Crippen LogP contribution in [0.3, 0.4) is 0 Å². The van der Waals surface area contributed by atoms with Crippen molar-refractivity contribution in [3.63, 3.8) is 0 Å². The zero-order valence-corrected chi connectivity index (χ0v) is 11.9. The van der Waals surface area contributed by atoms with Crippen molar-refractivity contribution in [2.75, 3.05) is 13.7 Å². The minimum atomic E-state index is 0.729. The van der Waals surface area contributed by atoms with Gasteiger partial charge in [0.15, 0.2) is 0 Å². The molecule has 0 aliphatic carbocycles. The molecule has 2 unspecified atom stereocenters. The zero-order valence-electron chi connectivity index (χ0n) is 11.9. The molecular formula is C15H32O. The fraction of sp³-hybridized carbons (Fsp3) is 1.00. The number of ether oxygens (including phenoxy) is 1. The maximum Gasteiger partial charge on any atom is 0.0487 e. The lowest BCUT2D eigenvalue weighted by molar-refractivity contribution is 0.151. The van der Waals surface area contributed by atoms with Gasteiger partial charge < -0.3 is 4.74 Å². The molecule has 1 heteroatoms. The van der Waals surface area contributed by atoms with E-state index in [-0.39, 0.29) is 0 Å². The van der Waals surface area contributed by atoms with E-state index >= 15 is 0 Å². The van der Waals surface area contributed by atoms with Crippen LogP contribution in [-0.2, 0) is 4.74 Å². The fourth-order valence-electron chi connectivity index (χ4n) is 2.18. The zero-order chi connectivity index (χ0) is 12.2. The lowest BCUT2D eigenvalue weighted by Crippen LogP contribution is -2.06. The molecule has 0 saturated heterocycles. The molecule has 0 aliphatic rings. The third kappa shape index (κ3) is 10.5. The van der Waals surface area contributed by atoms with Crippen LogP contribution in [0.15, 0.2) is 0 Å². The maximum atomic E-state index is 5.16. The third-order valence-corrected chi connectivity index (χ3v) is 3.40. The van der Waals surface area contributed by atoms with Gasteiger partial charge in [0, 0.05) is 13.7 Å². The van der Waals surface area contributed by atoms with E-state index in [0.29, 0.717) is 0 Å². The van der Waals surface area contributed by atoms with Crippen LogP contribution in [0.25, 0.3) is 0 Å². The highest BCUT2D eigenvalue weighted by molar-refractivity contribution is 4.58. The maximum absolute atomic E-state index is 5.16. The molecule has 0 amide bonds. The molecule has 0 bridgehead atoms. The molecule has 0 spiro atoms. The van der Waals surface area contributed by atoms with Crippen molar-refractivity contribution in [2.24, 2.45) is 11.8 Å². The molecule has 0 aliphatic heterocycles. The number of rotatable bonds is 11. The Hall–Kier alpha value is -0.0400. The van der Waals surface area contributed by atoms with Crippen molar-refractivity contribution in [1.29, 1.82) is 0 Å². The summed E-state index contributed by atoms with van der Waals surface area (Å²) in [6.45, 7) is 7.89. The number of unbranched alkanes of at least 4 members (excludes halogenated alkanes) is 4. The average molecular weight is 228 g/mol. The second-order valence-corrected chi connectivity index (χ2v) is 5.45. The number of hydrogen-bond donors (Lipinski definition) is 0. The third-order valence-electron chi connectivity index (χ3n) is 3.40. The summed E-state index contributed by atoms with van der Waals surface area (Å²) in [7, 11) is 1.80. The molecule has 0 aromatic heterocycles. The summed E-state index contributed by atoms with van der Waals surface area (Å²) < 4.78 is 5.16. The van der Waals surface area contributed by atoms with Crippen LogP contribution in [0.4, 0.5) is 0 Å². The van der Waals surface area contributed by atoms with E-state index in [1.165, 1.54) is 51.4 Å². The molecule has 0 aromatic rings. The molecule has 1 nitrogen and oxygen atoms in total. The van der Waals surface area contributed by atoms with E-state index in [1.807, 2.05) is 0 Å². The van der Waals surface area contributed by atoms with E-state index in [9.17, 15) is 0 Å². The molecule has 2 atom stereocenters. The van der Waals surface area contributed by atoms with Gasteiger partial charge in [-0.05, 0) is 18.3 Å². The highest BCUT2D eigenvalue weighted by Gasteiger charge is 2.06. The van der Waals surface area contributed by atoms with Crippen molar-refractivity contribution in [3.05, 3.63) is 0 Å². The molecule has 0 radical (unpaired) electrons. The second-order valence-electron chi connectivity index (χ2n) is 5.45. The van der Waals surface area contributed by atoms with Crippen LogP contribution in [0.2, 0.25) is 0 Å². The van der Waals surface area contributed by atoms with E-state index < -0.39 is 0 Å². The van der Waals surface area contributed by atoms with Crippen molar-refractivity contribution in [1.82, 2.24) is 0 Å². The van der Waals surface area contributed by atoms with E-state index in [2.05, 4.69) is 20.8 Å². The van der Waals surface area contributed by atoms with Crippen LogP contribution in [0, 0.1) is 11.8 Å². The molecule has 98 valence electrons. The molecular weight excluding hydrogens is 196 g/mol. The minimum absolute atomic E-state index is 0.729. The predicted octanol–water partition coefficient (Wildman–Crippen LogP) is 5.05. The molecule has 0 aromatic carbocycles. The number of methoxy groups -OCH3 is 1. The van der Waals surface area contributed by atoms with Crippen molar-refractivity contribution < 1.29 is 4.74 Å². The Morgan fingerprint density at radius 2 is 1.44 bits per heavy atom. The molecule has 0 heterocycles. The average Bonchev–Trinajstić information content (AvgIpc) is 2.26. The van der Waals surface area contributed by atoms with Gasteiger partial charge >= 0.3 is 0 Å². The molecule has 0 fully saturated rings. The van der Waals surface area contributed by atoms with E-state index in [1.54, 1.807) is 7.11 Å². The van der Waals surface area contributed by atoms with E-state index in [0.717, 1.165) is 18.4 Å². The first-order valence-corrected chi connectivity index (χ1v) is 7.19. The fourth-order valence-corrected chi connectivity index (χ4v) is 2.18. The lowest BCUT2D eigenvalue weighted by Gasteiger charge is -2.14. The van der Waals surface area contributed by atoms with Gasteiger partial charge in [-0.15, -0.1) is 0 Å². The lowest BCUT2D eigenvalue weighted by atomic mass is 9.94. The summed E-state index contributed by atoms with van der Waals surface area (Å²) in [5.41, 5.74) is 0. The Balaban J connectivity index is 3.27. The van der Waals surface area contributed by atoms with Crippen molar-refractivity contribution >= 4 is 0 Å². The van der Waals surface area contributed by atoms with Gasteiger partial charge in [0.2, 0.25) is 0 Å². The number of hydrogen-bond acceptors (Lipinski definition) is 1. The summed E-state index contributed by atoms with van der Waals surface area (Å²) >= 11 is 0.